The number of cyclic esters (lactones) is 1. The predicted molar refractivity (Wildman–Crippen MR) is 115 cm³/mol. The number of rotatable bonds is 10. The van der Waals surface area contributed by atoms with Gasteiger partial charge in [0.25, 0.3) is 0 Å². The van der Waals surface area contributed by atoms with Gasteiger partial charge in [-0.25, -0.2) is 4.79 Å². The summed E-state index contributed by atoms with van der Waals surface area (Å²) in [7, 11) is 1.62. The van der Waals surface area contributed by atoms with Crippen LogP contribution in [0.2, 0.25) is 0 Å². The van der Waals surface area contributed by atoms with Crippen molar-refractivity contribution in [2.75, 3.05) is 20.3 Å². The number of carbonyl (C=O) groups is 1. The van der Waals surface area contributed by atoms with E-state index in [1.807, 2.05) is 54.6 Å². The molecule has 0 saturated carbocycles. The summed E-state index contributed by atoms with van der Waals surface area (Å²) in [6, 6.07) is 15.9. The van der Waals surface area contributed by atoms with Gasteiger partial charge in [0.2, 0.25) is 0 Å². The second-order valence-corrected chi connectivity index (χ2v) is 8.06. The zero-order chi connectivity index (χ0) is 22.5. The fourth-order valence-electron chi connectivity index (χ4n) is 4.29. The van der Waals surface area contributed by atoms with Gasteiger partial charge in [0, 0.05) is 6.42 Å². The highest BCUT2D eigenvalue weighted by molar-refractivity contribution is 5.72. The smallest absolute Gasteiger partial charge is 0.411 e. The summed E-state index contributed by atoms with van der Waals surface area (Å²) < 4.78 is 22.1. The van der Waals surface area contributed by atoms with Crippen LogP contribution < -0.4 is 4.74 Å². The molecule has 2 saturated heterocycles. The average molecular weight is 443 g/mol. The van der Waals surface area contributed by atoms with Crippen molar-refractivity contribution in [2.24, 2.45) is 0 Å². The van der Waals surface area contributed by atoms with Crippen LogP contribution in [0.5, 0.6) is 5.75 Å². The fourth-order valence-corrected chi connectivity index (χ4v) is 4.29. The molecule has 0 aromatic heterocycles. The number of aliphatic hydroxyl groups is 2. The van der Waals surface area contributed by atoms with E-state index in [4.69, 9.17) is 18.9 Å². The van der Waals surface area contributed by atoms with Gasteiger partial charge >= 0.3 is 6.09 Å². The lowest BCUT2D eigenvalue weighted by molar-refractivity contribution is -0.0181. The number of methoxy groups -OCH3 is 1. The Balaban J connectivity index is 1.27. The molecule has 4 rings (SSSR count). The van der Waals surface area contributed by atoms with Crippen molar-refractivity contribution in [3.63, 3.8) is 0 Å². The van der Waals surface area contributed by atoms with E-state index >= 15 is 0 Å². The lowest BCUT2D eigenvalue weighted by Gasteiger charge is -2.22. The summed E-state index contributed by atoms with van der Waals surface area (Å²) in [6.45, 7) is 1.24. The van der Waals surface area contributed by atoms with Gasteiger partial charge in [-0.15, -0.1) is 0 Å². The Morgan fingerprint density at radius 2 is 1.62 bits per heavy atom. The number of ether oxygens (including phenoxy) is 4. The number of aliphatic hydroxyl groups excluding tert-OH is 2. The van der Waals surface area contributed by atoms with E-state index in [2.05, 4.69) is 0 Å². The minimum Gasteiger partial charge on any atom is -0.497 e. The van der Waals surface area contributed by atoms with E-state index in [-0.39, 0.29) is 6.61 Å². The molecular weight excluding hydrogens is 414 g/mol. The minimum atomic E-state index is -1.10. The van der Waals surface area contributed by atoms with Crippen LogP contribution >= 0.6 is 0 Å². The number of hydrogen-bond acceptors (Lipinski definition) is 7. The number of fused-ring (bicyclic) bond motifs is 1. The maximum absolute atomic E-state index is 12.5. The van der Waals surface area contributed by atoms with Gasteiger partial charge in [0.05, 0.1) is 39.6 Å². The zero-order valence-corrected chi connectivity index (χ0v) is 18.0. The summed E-state index contributed by atoms with van der Waals surface area (Å²) in [5, 5.41) is 21.1. The summed E-state index contributed by atoms with van der Waals surface area (Å²) in [5.41, 5.74) is 2.00. The molecule has 8 nitrogen and oxygen atoms in total. The van der Waals surface area contributed by atoms with Crippen LogP contribution in [0.15, 0.2) is 54.6 Å². The van der Waals surface area contributed by atoms with E-state index in [1.54, 1.807) is 7.11 Å². The third kappa shape index (κ3) is 4.88. The first-order chi connectivity index (χ1) is 15.6. The largest absolute Gasteiger partial charge is 0.497 e. The molecule has 5 atom stereocenters. The molecule has 0 unspecified atom stereocenters. The van der Waals surface area contributed by atoms with Crippen molar-refractivity contribution in [2.45, 2.75) is 50.0 Å². The van der Waals surface area contributed by atoms with Crippen molar-refractivity contribution in [3.8, 4) is 5.75 Å². The van der Waals surface area contributed by atoms with E-state index in [0.29, 0.717) is 26.2 Å². The predicted octanol–water partition coefficient (Wildman–Crippen LogP) is 2.11. The molecule has 2 aliphatic heterocycles. The van der Waals surface area contributed by atoms with Gasteiger partial charge in [-0.2, -0.15) is 0 Å². The second kappa shape index (κ2) is 10.3. The van der Waals surface area contributed by atoms with Crippen molar-refractivity contribution in [3.05, 3.63) is 65.7 Å². The Hall–Kier alpha value is -2.65. The van der Waals surface area contributed by atoms with Crippen LogP contribution in [-0.2, 0) is 27.4 Å². The Morgan fingerprint density at radius 1 is 0.938 bits per heavy atom. The van der Waals surface area contributed by atoms with Crippen molar-refractivity contribution >= 4 is 6.09 Å². The van der Waals surface area contributed by atoms with Crippen molar-refractivity contribution in [1.82, 2.24) is 4.90 Å². The van der Waals surface area contributed by atoms with Crippen LogP contribution in [0, 0.1) is 0 Å². The quantitative estimate of drug-likeness (QED) is 0.543. The van der Waals surface area contributed by atoms with E-state index in [0.717, 1.165) is 16.9 Å². The fraction of sp³-hybridized carbons (Fsp3) is 0.458. The molecule has 32 heavy (non-hydrogen) atoms. The van der Waals surface area contributed by atoms with Gasteiger partial charge in [-0.3, -0.25) is 4.90 Å². The average Bonchev–Trinajstić information content (AvgIpc) is 3.27. The standard InChI is InChI=1S/C24H29NO7/c1-29-18-9-7-17(8-10-18)13-30-12-11-20-21-23(27)22(26)19(25(21)24(28)32-20)15-31-14-16-5-3-2-4-6-16/h2-10,19-23,26-27H,11-15H2,1H3/t19-,20-,21-,22-,23+/m1/s1. The van der Waals surface area contributed by atoms with E-state index in [1.165, 1.54) is 4.90 Å². The molecule has 2 aromatic rings. The van der Waals surface area contributed by atoms with E-state index < -0.39 is 36.5 Å². The zero-order valence-electron chi connectivity index (χ0n) is 18.0. The Kier molecular flexibility index (Phi) is 7.26. The third-order valence-electron chi connectivity index (χ3n) is 5.99. The van der Waals surface area contributed by atoms with Crippen LogP contribution in [-0.4, -0.2) is 71.9 Å². The molecule has 2 aromatic carbocycles. The van der Waals surface area contributed by atoms with Gasteiger partial charge < -0.3 is 29.2 Å². The van der Waals surface area contributed by atoms with Gasteiger partial charge in [-0.05, 0) is 23.3 Å². The molecule has 0 radical (unpaired) electrons. The van der Waals surface area contributed by atoms with Crippen LogP contribution in [0.3, 0.4) is 0 Å². The van der Waals surface area contributed by atoms with Crippen LogP contribution in [0.1, 0.15) is 17.5 Å². The van der Waals surface area contributed by atoms with Gasteiger partial charge in [0.15, 0.2) is 0 Å². The molecule has 0 bridgehead atoms. The lowest BCUT2D eigenvalue weighted by atomic mass is 10.0. The molecule has 8 heteroatoms. The van der Waals surface area contributed by atoms with Crippen molar-refractivity contribution < 1.29 is 34.0 Å². The summed E-state index contributed by atoms with van der Waals surface area (Å²) >= 11 is 0. The summed E-state index contributed by atoms with van der Waals surface area (Å²) in [6.07, 6.45) is -2.87. The second-order valence-electron chi connectivity index (χ2n) is 8.06. The number of hydrogen-bond donors (Lipinski definition) is 2. The molecular formula is C24H29NO7. The first-order valence-electron chi connectivity index (χ1n) is 10.8. The number of carbonyl (C=O) groups excluding carboxylic acids is 1. The normalized spacial score (nSPS) is 26.8. The Morgan fingerprint density at radius 3 is 2.34 bits per heavy atom. The summed E-state index contributed by atoms with van der Waals surface area (Å²) in [5.74, 6) is 0.780. The van der Waals surface area contributed by atoms with Gasteiger partial charge in [0.1, 0.15) is 30.1 Å². The number of benzene rings is 2. The van der Waals surface area contributed by atoms with Crippen LogP contribution in [0.25, 0.3) is 0 Å². The monoisotopic (exact) mass is 443 g/mol. The molecule has 2 heterocycles. The first kappa shape index (κ1) is 22.5. The topological polar surface area (TPSA) is 97.7 Å². The molecule has 0 aliphatic carbocycles. The lowest BCUT2D eigenvalue weighted by Crippen LogP contribution is -2.42. The first-order valence-corrected chi connectivity index (χ1v) is 10.8. The molecule has 2 aliphatic rings. The number of amides is 1. The highest BCUT2D eigenvalue weighted by Gasteiger charge is 2.58. The Labute approximate surface area is 187 Å². The molecule has 0 spiro atoms. The maximum Gasteiger partial charge on any atom is 0.411 e. The molecule has 2 fully saturated rings. The Bertz CT molecular complexity index is 876. The SMILES string of the molecule is COc1ccc(COCC[C@H]2OC(=O)N3[C@H]2[C@H](O)[C@H](O)[C@H]3COCc2ccccc2)cc1. The van der Waals surface area contributed by atoms with Crippen molar-refractivity contribution in [1.29, 1.82) is 0 Å². The number of nitrogens with zero attached hydrogens (tertiary/aromatic N) is 1. The molecule has 1 amide bonds. The summed E-state index contributed by atoms with van der Waals surface area (Å²) in [4.78, 5) is 13.9. The molecule has 172 valence electrons. The highest BCUT2D eigenvalue weighted by Crippen LogP contribution is 2.36. The highest BCUT2D eigenvalue weighted by atomic mass is 16.6. The van der Waals surface area contributed by atoms with Gasteiger partial charge in [-0.1, -0.05) is 42.5 Å². The molecule has 2 N–H and O–H groups in total. The minimum absolute atomic E-state index is 0.111. The maximum atomic E-state index is 12.5. The third-order valence-corrected chi connectivity index (χ3v) is 5.99. The van der Waals surface area contributed by atoms with Crippen LogP contribution in [0.4, 0.5) is 4.79 Å². The van der Waals surface area contributed by atoms with E-state index in [9.17, 15) is 15.0 Å².